The molecule has 1 aromatic rings. The molecule has 0 fully saturated rings. The molecule has 64 valence electrons. The van der Waals surface area contributed by atoms with Crippen molar-refractivity contribution in [3.63, 3.8) is 0 Å². The number of rotatable bonds is 1. The van der Waals surface area contributed by atoms with E-state index in [1.54, 1.807) is 12.1 Å². The minimum atomic E-state index is -1.23. The first-order valence-electron chi connectivity index (χ1n) is 3.83. The maximum absolute atomic E-state index is 10.8. The SMILES string of the molecule is N#CC1(C=O)NNc2ccccc21. The lowest BCUT2D eigenvalue weighted by atomic mass is 9.94. The molecular formula is C9H7N3O. The Morgan fingerprint density at radius 2 is 2.23 bits per heavy atom. The first kappa shape index (κ1) is 7.77. The van der Waals surface area contributed by atoms with Crippen LogP contribution in [0.5, 0.6) is 0 Å². The maximum atomic E-state index is 10.8. The van der Waals surface area contributed by atoms with Gasteiger partial charge in [-0.1, -0.05) is 18.2 Å². The fourth-order valence-corrected chi connectivity index (χ4v) is 1.38. The topological polar surface area (TPSA) is 64.9 Å². The van der Waals surface area contributed by atoms with Gasteiger partial charge in [-0.05, 0) is 6.07 Å². The summed E-state index contributed by atoms with van der Waals surface area (Å²) in [5, 5.41) is 8.88. The monoisotopic (exact) mass is 173 g/mol. The van der Waals surface area contributed by atoms with E-state index in [0.29, 0.717) is 11.8 Å². The van der Waals surface area contributed by atoms with Gasteiger partial charge in [0.05, 0.1) is 11.8 Å². The van der Waals surface area contributed by atoms with Crippen molar-refractivity contribution in [2.45, 2.75) is 5.54 Å². The Morgan fingerprint density at radius 1 is 1.46 bits per heavy atom. The zero-order chi connectivity index (χ0) is 9.31. The molecule has 2 N–H and O–H groups in total. The first-order valence-corrected chi connectivity index (χ1v) is 3.83. The van der Waals surface area contributed by atoms with E-state index in [9.17, 15) is 4.79 Å². The average Bonchev–Trinajstić information content (AvgIpc) is 2.58. The standard InChI is InChI=1S/C9H7N3O/c10-5-9(6-13)7-3-1-2-4-8(7)11-12-9/h1-4,6,11-12H. The molecule has 0 saturated heterocycles. The number of nitrogens with one attached hydrogen (secondary N) is 2. The van der Waals surface area contributed by atoms with Crippen molar-refractivity contribution in [1.29, 1.82) is 5.26 Å². The van der Waals surface area contributed by atoms with Gasteiger partial charge >= 0.3 is 0 Å². The molecule has 0 spiro atoms. The molecule has 4 heteroatoms. The number of carbonyl (C=O) groups excluding carboxylic acids is 1. The van der Waals surface area contributed by atoms with Crippen molar-refractivity contribution < 1.29 is 4.79 Å². The summed E-state index contributed by atoms with van der Waals surface area (Å²) in [5.74, 6) is 0. The van der Waals surface area contributed by atoms with E-state index in [-0.39, 0.29) is 0 Å². The molecule has 1 atom stereocenters. The third kappa shape index (κ3) is 0.912. The van der Waals surface area contributed by atoms with Gasteiger partial charge in [-0.3, -0.25) is 4.79 Å². The molecule has 0 aliphatic carbocycles. The number of benzene rings is 1. The number of anilines is 1. The lowest BCUT2D eigenvalue weighted by Crippen LogP contribution is -2.39. The van der Waals surface area contributed by atoms with Crippen LogP contribution in [0.3, 0.4) is 0 Å². The highest BCUT2D eigenvalue weighted by Gasteiger charge is 2.38. The summed E-state index contributed by atoms with van der Waals surface area (Å²) in [6, 6.07) is 9.14. The normalized spacial score (nSPS) is 24.2. The molecule has 0 saturated carbocycles. The number of aldehydes is 1. The number of nitrogens with zero attached hydrogens (tertiary/aromatic N) is 1. The Bertz CT molecular complexity index is 396. The highest BCUT2D eigenvalue weighted by atomic mass is 16.1. The van der Waals surface area contributed by atoms with Crippen molar-refractivity contribution in [1.82, 2.24) is 5.43 Å². The van der Waals surface area contributed by atoms with Gasteiger partial charge in [-0.2, -0.15) is 5.26 Å². The van der Waals surface area contributed by atoms with Crippen molar-refractivity contribution in [2.24, 2.45) is 0 Å². The van der Waals surface area contributed by atoms with Gasteiger partial charge in [0.15, 0.2) is 6.29 Å². The fraction of sp³-hybridized carbons (Fsp3) is 0.111. The molecule has 1 unspecified atom stereocenters. The molecule has 0 amide bonds. The molecule has 2 rings (SSSR count). The molecule has 1 aliphatic rings. The van der Waals surface area contributed by atoms with Gasteiger partial charge in [0, 0.05) is 5.56 Å². The quantitative estimate of drug-likeness (QED) is 0.608. The third-order valence-electron chi connectivity index (χ3n) is 2.10. The number of nitriles is 1. The molecule has 13 heavy (non-hydrogen) atoms. The minimum Gasteiger partial charge on any atom is -0.319 e. The molecule has 1 heterocycles. The van der Waals surface area contributed by atoms with Gasteiger partial charge < -0.3 is 5.43 Å². The van der Waals surface area contributed by atoms with Crippen molar-refractivity contribution in [3.8, 4) is 6.07 Å². The van der Waals surface area contributed by atoms with Crippen LogP contribution in [0.2, 0.25) is 0 Å². The van der Waals surface area contributed by atoms with Crippen molar-refractivity contribution in [3.05, 3.63) is 29.8 Å². The first-order chi connectivity index (χ1) is 6.32. The average molecular weight is 173 g/mol. The largest absolute Gasteiger partial charge is 0.319 e. The summed E-state index contributed by atoms with van der Waals surface area (Å²) in [5.41, 5.74) is 5.67. The predicted molar refractivity (Wildman–Crippen MR) is 46.6 cm³/mol. The van der Waals surface area contributed by atoms with Crippen LogP contribution in [0.1, 0.15) is 5.56 Å². The van der Waals surface area contributed by atoms with E-state index >= 15 is 0 Å². The van der Waals surface area contributed by atoms with Gasteiger partial charge in [0.1, 0.15) is 0 Å². The van der Waals surface area contributed by atoms with E-state index in [1.165, 1.54) is 0 Å². The zero-order valence-corrected chi connectivity index (χ0v) is 6.74. The highest BCUT2D eigenvalue weighted by molar-refractivity contribution is 5.80. The second kappa shape index (κ2) is 2.57. The lowest BCUT2D eigenvalue weighted by molar-refractivity contribution is -0.111. The number of hydrogen-bond donors (Lipinski definition) is 2. The van der Waals surface area contributed by atoms with Gasteiger partial charge in [0.25, 0.3) is 0 Å². The van der Waals surface area contributed by atoms with Gasteiger partial charge in [-0.25, -0.2) is 5.43 Å². The van der Waals surface area contributed by atoms with Crippen LogP contribution in [0.4, 0.5) is 5.69 Å². The van der Waals surface area contributed by atoms with Gasteiger partial charge in [-0.15, -0.1) is 0 Å². The number of hydrogen-bond acceptors (Lipinski definition) is 4. The number of carbonyl (C=O) groups is 1. The molecule has 4 nitrogen and oxygen atoms in total. The molecule has 1 aromatic carbocycles. The molecule has 0 aromatic heterocycles. The zero-order valence-electron chi connectivity index (χ0n) is 6.74. The second-order valence-corrected chi connectivity index (χ2v) is 2.83. The summed E-state index contributed by atoms with van der Waals surface area (Å²) in [6.45, 7) is 0. The smallest absolute Gasteiger partial charge is 0.206 e. The second-order valence-electron chi connectivity index (χ2n) is 2.83. The predicted octanol–water partition coefficient (Wildman–Crippen LogP) is 0.534. The Kier molecular flexibility index (Phi) is 1.54. The number of para-hydroxylation sites is 1. The Labute approximate surface area is 75.1 Å². The van der Waals surface area contributed by atoms with E-state index in [1.807, 2.05) is 18.2 Å². The van der Waals surface area contributed by atoms with E-state index in [0.717, 1.165) is 5.69 Å². The molecule has 0 bridgehead atoms. The van der Waals surface area contributed by atoms with Crippen LogP contribution in [-0.2, 0) is 10.3 Å². The van der Waals surface area contributed by atoms with Crippen molar-refractivity contribution in [2.75, 3.05) is 5.43 Å². The summed E-state index contributed by atoms with van der Waals surface area (Å²) < 4.78 is 0. The summed E-state index contributed by atoms with van der Waals surface area (Å²) >= 11 is 0. The fourth-order valence-electron chi connectivity index (χ4n) is 1.38. The lowest BCUT2D eigenvalue weighted by Gasteiger charge is -2.11. The number of hydrazine groups is 1. The maximum Gasteiger partial charge on any atom is 0.206 e. The molecule has 1 aliphatic heterocycles. The molecular weight excluding hydrogens is 166 g/mol. The van der Waals surface area contributed by atoms with Crippen LogP contribution in [-0.4, -0.2) is 6.29 Å². The van der Waals surface area contributed by atoms with E-state index in [2.05, 4.69) is 10.9 Å². The van der Waals surface area contributed by atoms with Crippen LogP contribution >= 0.6 is 0 Å². The van der Waals surface area contributed by atoms with Crippen LogP contribution < -0.4 is 10.9 Å². The Balaban J connectivity index is 2.61. The van der Waals surface area contributed by atoms with Crippen LogP contribution in [0, 0.1) is 11.3 Å². The van der Waals surface area contributed by atoms with E-state index < -0.39 is 5.54 Å². The van der Waals surface area contributed by atoms with Crippen molar-refractivity contribution >= 4 is 12.0 Å². The Morgan fingerprint density at radius 3 is 2.92 bits per heavy atom. The summed E-state index contributed by atoms with van der Waals surface area (Å²) in [7, 11) is 0. The van der Waals surface area contributed by atoms with Gasteiger partial charge in [0.2, 0.25) is 5.54 Å². The molecule has 0 radical (unpaired) electrons. The van der Waals surface area contributed by atoms with Crippen LogP contribution in [0.15, 0.2) is 24.3 Å². The Hall–Kier alpha value is -1.86. The summed E-state index contributed by atoms with van der Waals surface area (Å²) in [4.78, 5) is 10.8. The highest BCUT2D eigenvalue weighted by Crippen LogP contribution is 2.30. The minimum absolute atomic E-state index is 0.603. The third-order valence-corrected chi connectivity index (χ3v) is 2.10. The number of fused-ring (bicyclic) bond motifs is 1. The van der Waals surface area contributed by atoms with Crippen LogP contribution in [0.25, 0.3) is 0 Å². The summed E-state index contributed by atoms with van der Waals surface area (Å²) in [6.07, 6.45) is 0.603. The van der Waals surface area contributed by atoms with E-state index in [4.69, 9.17) is 5.26 Å².